The van der Waals surface area contributed by atoms with Gasteiger partial charge in [0.25, 0.3) is 0 Å². The van der Waals surface area contributed by atoms with Crippen molar-refractivity contribution in [1.29, 1.82) is 0 Å². The molecule has 0 aliphatic carbocycles. The van der Waals surface area contributed by atoms with Crippen LogP contribution in [-0.2, 0) is 23.7 Å². The molecule has 9 N–H and O–H groups in total. The minimum Gasteiger partial charge on any atom is -0.394 e. The summed E-state index contributed by atoms with van der Waals surface area (Å²) in [5.41, 5.74) is 0. The number of rotatable bonds is 38. The van der Waals surface area contributed by atoms with Crippen LogP contribution in [0.1, 0.15) is 181 Å². The van der Waals surface area contributed by atoms with E-state index in [1.165, 1.54) is 109 Å². The summed E-state index contributed by atoms with van der Waals surface area (Å²) in [6, 6.07) is -0.927. The number of carbonyl (C=O) groups is 1. The monoisotopic (exact) mass is 914 g/mol. The molecule has 0 spiro atoms. The number of hydrogen-bond donors (Lipinski definition) is 9. The molecular formula is C50H91NO13. The van der Waals surface area contributed by atoms with Crippen LogP contribution in [0.3, 0.4) is 0 Å². The molecule has 14 nitrogen and oxygen atoms in total. The van der Waals surface area contributed by atoms with Gasteiger partial charge >= 0.3 is 0 Å². The number of allylic oxidation sites excluding steroid dienone is 5. The molecule has 2 heterocycles. The highest BCUT2D eigenvalue weighted by Crippen LogP contribution is 2.30. The van der Waals surface area contributed by atoms with Crippen molar-refractivity contribution in [2.75, 3.05) is 19.8 Å². The fourth-order valence-corrected chi connectivity index (χ4v) is 8.13. The zero-order chi connectivity index (χ0) is 46.8. The molecule has 2 aliphatic rings. The van der Waals surface area contributed by atoms with Crippen LogP contribution in [0.5, 0.6) is 0 Å². The maximum atomic E-state index is 13.1. The van der Waals surface area contributed by atoms with E-state index in [0.717, 1.165) is 38.5 Å². The molecule has 0 aromatic carbocycles. The zero-order valence-electron chi connectivity index (χ0n) is 39.5. The minimum absolute atomic E-state index is 0.256. The predicted octanol–water partition coefficient (Wildman–Crippen LogP) is 6.32. The molecule has 2 aliphatic heterocycles. The second-order valence-corrected chi connectivity index (χ2v) is 17.9. The Kier molecular flexibility index (Phi) is 33.9. The van der Waals surface area contributed by atoms with Crippen LogP contribution in [0.25, 0.3) is 0 Å². The predicted molar refractivity (Wildman–Crippen MR) is 249 cm³/mol. The van der Waals surface area contributed by atoms with Gasteiger partial charge in [-0.15, -0.1) is 0 Å². The van der Waals surface area contributed by atoms with Gasteiger partial charge in [0.2, 0.25) is 5.91 Å². The normalized spacial score (nSPS) is 27.5. The lowest BCUT2D eigenvalue weighted by Crippen LogP contribution is -2.65. The van der Waals surface area contributed by atoms with Crippen LogP contribution in [0.15, 0.2) is 36.5 Å². The van der Waals surface area contributed by atoms with Crippen molar-refractivity contribution in [2.45, 2.75) is 254 Å². The highest BCUT2D eigenvalue weighted by atomic mass is 16.7. The van der Waals surface area contributed by atoms with E-state index in [9.17, 15) is 45.6 Å². The summed E-state index contributed by atoms with van der Waals surface area (Å²) in [7, 11) is 0. The van der Waals surface area contributed by atoms with Crippen molar-refractivity contribution in [1.82, 2.24) is 5.32 Å². The highest BCUT2D eigenvalue weighted by Gasteiger charge is 2.51. The van der Waals surface area contributed by atoms with Crippen LogP contribution in [-0.4, -0.2) is 140 Å². The maximum absolute atomic E-state index is 13.1. The second-order valence-electron chi connectivity index (χ2n) is 17.9. The molecule has 64 heavy (non-hydrogen) atoms. The average molecular weight is 914 g/mol. The van der Waals surface area contributed by atoms with E-state index in [2.05, 4.69) is 43.5 Å². The molecule has 0 radical (unpaired) electrons. The lowest BCUT2D eigenvalue weighted by Gasteiger charge is -2.46. The standard InChI is InChI=1S/C50H91NO13/c1-3-5-7-9-11-12-13-14-15-16-17-18-19-20-21-22-23-24-25-26-28-30-32-34-42(55)51-38(39(54)33-31-29-27-10-8-6-4-2)37-61-49-47(60)45(58)48(41(36-53)63-49)64-50-46(59)44(57)43(56)40(35-52)62-50/h8,10,16-17,31,33,38-41,43-50,52-54,56-60H,3-7,9,11-15,18-30,32,34-37H2,1-2H3,(H,51,55)/b10-8+,17-16-,33-31+. The quantitative estimate of drug-likeness (QED) is 0.0244. The largest absolute Gasteiger partial charge is 0.394 e. The summed E-state index contributed by atoms with van der Waals surface area (Å²) < 4.78 is 22.6. The van der Waals surface area contributed by atoms with Gasteiger partial charge in [0, 0.05) is 6.42 Å². The molecule has 1 amide bonds. The van der Waals surface area contributed by atoms with Gasteiger partial charge in [-0.2, -0.15) is 0 Å². The van der Waals surface area contributed by atoms with E-state index in [0.29, 0.717) is 12.8 Å². The van der Waals surface area contributed by atoms with Gasteiger partial charge in [-0.25, -0.2) is 0 Å². The van der Waals surface area contributed by atoms with E-state index in [1.54, 1.807) is 6.08 Å². The third kappa shape index (κ3) is 24.3. The van der Waals surface area contributed by atoms with Crippen LogP contribution >= 0.6 is 0 Å². The van der Waals surface area contributed by atoms with E-state index in [4.69, 9.17) is 18.9 Å². The van der Waals surface area contributed by atoms with Crippen LogP contribution in [0.2, 0.25) is 0 Å². The molecule has 0 aromatic rings. The molecule has 14 heteroatoms. The molecule has 2 fully saturated rings. The van der Waals surface area contributed by atoms with Gasteiger partial charge < -0.3 is 65.1 Å². The van der Waals surface area contributed by atoms with Gasteiger partial charge in [-0.05, 0) is 51.4 Å². The number of unbranched alkanes of at least 4 members (excludes halogenated alkanes) is 21. The molecule has 374 valence electrons. The third-order valence-corrected chi connectivity index (χ3v) is 12.3. The molecule has 12 atom stereocenters. The molecule has 2 saturated heterocycles. The van der Waals surface area contributed by atoms with E-state index in [-0.39, 0.29) is 18.9 Å². The molecular weight excluding hydrogens is 823 g/mol. The summed E-state index contributed by atoms with van der Waals surface area (Å²) in [6.07, 6.45) is 25.2. The Balaban J connectivity index is 1.72. The fraction of sp³-hybridized carbons (Fsp3) is 0.860. The molecule has 0 bridgehead atoms. The number of aliphatic hydroxyl groups excluding tert-OH is 8. The topological polar surface area (TPSA) is 228 Å². The SMILES string of the molecule is CCC/C=C/CC/C=C/C(O)C(COC1OC(CO)C(OC2OC(CO)C(O)C(O)C2O)C(O)C1O)NC(=O)CCCCCCCCCCCCC/C=C\CCCCCCCCCC. The van der Waals surface area contributed by atoms with Gasteiger partial charge in [-0.3, -0.25) is 4.79 Å². The Morgan fingerprint density at radius 2 is 1.03 bits per heavy atom. The maximum Gasteiger partial charge on any atom is 0.220 e. The minimum atomic E-state index is -1.79. The molecule has 0 saturated carbocycles. The fourth-order valence-electron chi connectivity index (χ4n) is 8.13. The van der Waals surface area contributed by atoms with Crippen molar-refractivity contribution in [3.05, 3.63) is 36.5 Å². The summed E-state index contributed by atoms with van der Waals surface area (Å²) >= 11 is 0. The first-order valence-corrected chi connectivity index (χ1v) is 25.2. The first-order chi connectivity index (χ1) is 31.1. The van der Waals surface area contributed by atoms with Crippen LogP contribution in [0.4, 0.5) is 0 Å². The number of carbonyl (C=O) groups excluding carboxylic acids is 1. The molecule has 2 rings (SSSR count). The lowest BCUT2D eigenvalue weighted by molar-refractivity contribution is -0.359. The first kappa shape index (κ1) is 58.3. The summed E-state index contributed by atoms with van der Waals surface area (Å²) in [4.78, 5) is 13.1. The van der Waals surface area contributed by atoms with E-state index < -0.39 is 86.8 Å². The number of ether oxygens (including phenoxy) is 4. The smallest absolute Gasteiger partial charge is 0.220 e. The Morgan fingerprint density at radius 3 is 1.59 bits per heavy atom. The Hall–Kier alpha value is -1.79. The van der Waals surface area contributed by atoms with Crippen molar-refractivity contribution in [3.63, 3.8) is 0 Å². The van der Waals surface area contributed by atoms with E-state index >= 15 is 0 Å². The third-order valence-electron chi connectivity index (χ3n) is 12.3. The second kappa shape index (κ2) is 37.2. The molecule has 0 aromatic heterocycles. The van der Waals surface area contributed by atoms with Gasteiger partial charge in [0.15, 0.2) is 12.6 Å². The summed E-state index contributed by atoms with van der Waals surface area (Å²) in [5, 5.41) is 86.3. The Morgan fingerprint density at radius 1 is 0.547 bits per heavy atom. The highest BCUT2D eigenvalue weighted by molar-refractivity contribution is 5.76. The number of amides is 1. The number of nitrogens with one attached hydrogen (secondary N) is 1. The first-order valence-electron chi connectivity index (χ1n) is 25.2. The van der Waals surface area contributed by atoms with Gasteiger partial charge in [0.05, 0.1) is 32.0 Å². The van der Waals surface area contributed by atoms with Gasteiger partial charge in [0.1, 0.15) is 48.8 Å². The number of aliphatic hydroxyl groups is 8. The van der Waals surface area contributed by atoms with Crippen molar-refractivity contribution in [3.8, 4) is 0 Å². The Bertz CT molecular complexity index is 1220. The van der Waals surface area contributed by atoms with Crippen molar-refractivity contribution in [2.24, 2.45) is 0 Å². The summed E-state index contributed by atoms with van der Waals surface area (Å²) in [5.74, 6) is -0.256. The van der Waals surface area contributed by atoms with Gasteiger partial charge in [-0.1, -0.05) is 159 Å². The van der Waals surface area contributed by atoms with Crippen molar-refractivity contribution >= 4 is 5.91 Å². The van der Waals surface area contributed by atoms with E-state index in [1.807, 2.05) is 6.08 Å². The molecule has 12 unspecified atom stereocenters. The average Bonchev–Trinajstić information content (AvgIpc) is 3.29. The van der Waals surface area contributed by atoms with Crippen LogP contribution < -0.4 is 5.32 Å². The lowest BCUT2D eigenvalue weighted by atomic mass is 9.97. The summed E-state index contributed by atoms with van der Waals surface area (Å²) in [6.45, 7) is 2.64. The van der Waals surface area contributed by atoms with Crippen LogP contribution in [0, 0.1) is 0 Å². The zero-order valence-corrected chi connectivity index (χ0v) is 39.5. The Labute approximate surface area is 385 Å². The van der Waals surface area contributed by atoms with Crippen molar-refractivity contribution < 1.29 is 64.6 Å². The number of hydrogen-bond acceptors (Lipinski definition) is 13.